The molecule has 0 aliphatic rings. The highest BCUT2D eigenvalue weighted by Gasteiger charge is 2.07. The SMILES string of the molecule is CC(=O)c1ccccc1OCCSCc1nc2ccccc2s1. The number of carbonyl (C=O) groups excluding carboxylic acids is 1. The summed E-state index contributed by atoms with van der Waals surface area (Å²) in [7, 11) is 0. The molecule has 1 heterocycles. The van der Waals surface area contributed by atoms with Gasteiger partial charge in [-0.2, -0.15) is 11.8 Å². The van der Waals surface area contributed by atoms with Crippen LogP contribution in [0.2, 0.25) is 0 Å². The molecule has 0 fully saturated rings. The Morgan fingerprint density at radius 2 is 1.96 bits per heavy atom. The number of hydrogen-bond donors (Lipinski definition) is 0. The molecule has 0 saturated carbocycles. The summed E-state index contributed by atoms with van der Waals surface area (Å²) < 4.78 is 6.97. The lowest BCUT2D eigenvalue weighted by molar-refractivity contribution is 0.101. The molecule has 3 rings (SSSR count). The molecule has 0 atom stereocenters. The first kappa shape index (κ1) is 16.0. The molecule has 5 heteroatoms. The van der Waals surface area contributed by atoms with Crippen molar-refractivity contribution in [1.29, 1.82) is 0 Å². The summed E-state index contributed by atoms with van der Waals surface area (Å²) in [5, 5.41) is 1.14. The fraction of sp³-hybridized carbons (Fsp3) is 0.222. The molecule has 0 spiro atoms. The molecule has 2 aromatic carbocycles. The molecular weight excluding hydrogens is 326 g/mol. The van der Waals surface area contributed by atoms with Crippen LogP contribution in [0.3, 0.4) is 0 Å². The Morgan fingerprint density at radius 1 is 1.17 bits per heavy atom. The van der Waals surface area contributed by atoms with Crippen molar-refractivity contribution in [1.82, 2.24) is 4.98 Å². The van der Waals surface area contributed by atoms with Crippen molar-refractivity contribution < 1.29 is 9.53 Å². The van der Waals surface area contributed by atoms with E-state index in [2.05, 4.69) is 11.1 Å². The van der Waals surface area contributed by atoms with Crippen LogP contribution in [-0.4, -0.2) is 23.1 Å². The number of carbonyl (C=O) groups is 1. The Bertz CT molecular complexity index is 780. The third kappa shape index (κ3) is 4.12. The second-order valence-electron chi connectivity index (χ2n) is 5.03. The standard InChI is InChI=1S/C18H17NO2S2/c1-13(20)14-6-2-4-8-16(14)21-10-11-22-12-18-19-15-7-3-5-9-17(15)23-18/h2-9H,10-12H2,1H3. The van der Waals surface area contributed by atoms with Crippen molar-refractivity contribution in [2.75, 3.05) is 12.4 Å². The minimum Gasteiger partial charge on any atom is -0.492 e. The van der Waals surface area contributed by atoms with Gasteiger partial charge in [-0.25, -0.2) is 4.98 Å². The molecule has 3 aromatic rings. The zero-order chi connectivity index (χ0) is 16.1. The summed E-state index contributed by atoms with van der Waals surface area (Å²) >= 11 is 3.53. The monoisotopic (exact) mass is 343 g/mol. The summed E-state index contributed by atoms with van der Waals surface area (Å²) in [6.45, 7) is 2.14. The van der Waals surface area contributed by atoms with E-state index in [0.29, 0.717) is 17.9 Å². The highest BCUT2D eigenvalue weighted by atomic mass is 32.2. The van der Waals surface area contributed by atoms with Crippen molar-refractivity contribution in [3.05, 3.63) is 59.1 Å². The normalized spacial score (nSPS) is 10.8. The summed E-state index contributed by atoms with van der Waals surface area (Å²) in [6, 6.07) is 15.6. The first-order chi connectivity index (χ1) is 11.2. The van der Waals surface area contributed by atoms with Gasteiger partial charge in [0, 0.05) is 11.5 Å². The molecule has 118 valence electrons. The molecule has 0 N–H and O–H groups in total. The maximum atomic E-state index is 11.5. The van der Waals surface area contributed by atoms with Crippen LogP contribution < -0.4 is 4.74 Å². The Hall–Kier alpha value is -1.85. The van der Waals surface area contributed by atoms with Crippen LogP contribution in [0, 0.1) is 0 Å². The van der Waals surface area contributed by atoms with Crippen molar-refractivity contribution in [2.45, 2.75) is 12.7 Å². The number of fused-ring (bicyclic) bond motifs is 1. The van der Waals surface area contributed by atoms with E-state index >= 15 is 0 Å². The van der Waals surface area contributed by atoms with Crippen LogP contribution in [0.5, 0.6) is 5.75 Å². The predicted molar refractivity (Wildman–Crippen MR) is 97.7 cm³/mol. The number of nitrogens with zero attached hydrogens (tertiary/aromatic N) is 1. The molecule has 0 amide bonds. The molecular formula is C18H17NO2S2. The van der Waals surface area contributed by atoms with Gasteiger partial charge >= 0.3 is 0 Å². The molecule has 0 unspecified atom stereocenters. The predicted octanol–water partition coefficient (Wildman–Crippen LogP) is 4.81. The second kappa shape index (κ2) is 7.62. The van der Waals surface area contributed by atoms with Gasteiger partial charge in [0.15, 0.2) is 5.78 Å². The number of benzene rings is 2. The first-order valence-corrected chi connectivity index (χ1v) is 9.36. The van der Waals surface area contributed by atoms with Crippen LogP contribution in [0.1, 0.15) is 22.3 Å². The molecule has 3 nitrogen and oxygen atoms in total. The lowest BCUT2D eigenvalue weighted by Crippen LogP contribution is -2.04. The van der Waals surface area contributed by atoms with E-state index < -0.39 is 0 Å². The quantitative estimate of drug-likeness (QED) is 0.456. The number of aromatic nitrogens is 1. The zero-order valence-electron chi connectivity index (χ0n) is 12.8. The first-order valence-electron chi connectivity index (χ1n) is 7.39. The second-order valence-corrected chi connectivity index (χ2v) is 7.25. The summed E-state index contributed by atoms with van der Waals surface area (Å²) in [5.74, 6) is 2.45. The van der Waals surface area contributed by atoms with E-state index in [1.165, 1.54) is 4.70 Å². The van der Waals surface area contributed by atoms with Gasteiger partial charge in [0.05, 0.1) is 22.4 Å². The molecule has 23 heavy (non-hydrogen) atoms. The van der Waals surface area contributed by atoms with Crippen LogP contribution >= 0.6 is 23.1 Å². The van der Waals surface area contributed by atoms with E-state index in [4.69, 9.17) is 4.74 Å². The third-order valence-electron chi connectivity index (χ3n) is 3.32. The van der Waals surface area contributed by atoms with Gasteiger partial charge in [0.2, 0.25) is 0 Å². The number of ketones is 1. The van der Waals surface area contributed by atoms with Gasteiger partial charge in [-0.3, -0.25) is 4.79 Å². The maximum Gasteiger partial charge on any atom is 0.163 e. The zero-order valence-corrected chi connectivity index (χ0v) is 14.5. The average molecular weight is 343 g/mol. The van der Waals surface area contributed by atoms with Crippen LogP contribution in [0.15, 0.2) is 48.5 Å². The Morgan fingerprint density at radius 3 is 2.78 bits per heavy atom. The minimum atomic E-state index is 0.0303. The van der Waals surface area contributed by atoms with E-state index in [1.54, 1.807) is 36.1 Å². The lowest BCUT2D eigenvalue weighted by Gasteiger charge is -2.09. The topological polar surface area (TPSA) is 39.2 Å². The van der Waals surface area contributed by atoms with E-state index in [1.807, 2.05) is 36.4 Å². The van der Waals surface area contributed by atoms with Crippen LogP contribution in [0.25, 0.3) is 10.2 Å². The molecule has 0 aliphatic heterocycles. The Labute approximate surface area is 143 Å². The highest BCUT2D eigenvalue weighted by Crippen LogP contribution is 2.25. The maximum absolute atomic E-state index is 11.5. The third-order valence-corrected chi connectivity index (χ3v) is 5.47. The number of hydrogen-bond acceptors (Lipinski definition) is 5. The number of para-hydroxylation sites is 2. The fourth-order valence-corrected chi connectivity index (χ4v) is 4.07. The fourth-order valence-electron chi connectivity index (χ4n) is 2.24. The Balaban J connectivity index is 1.48. The number of rotatable bonds is 7. The van der Waals surface area contributed by atoms with E-state index in [0.717, 1.165) is 22.0 Å². The number of Topliss-reactive ketones (excluding diaryl/α,β-unsaturated/α-hetero) is 1. The van der Waals surface area contributed by atoms with Gasteiger partial charge in [-0.1, -0.05) is 24.3 Å². The molecule has 0 bridgehead atoms. The van der Waals surface area contributed by atoms with Crippen LogP contribution in [-0.2, 0) is 5.75 Å². The van der Waals surface area contributed by atoms with Gasteiger partial charge in [0.25, 0.3) is 0 Å². The lowest BCUT2D eigenvalue weighted by atomic mass is 10.1. The van der Waals surface area contributed by atoms with Crippen molar-refractivity contribution >= 4 is 39.1 Å². The van der Waals surface area contributed by atoms with Gasteiger partial charge in [-0.15, -0.1) is 11.3 Å². The van der Waals surface area contributed by atoms with E-state index in [9.17, 15) is 4.79 Å². The smallest absolute Gasteiger partial charge is 0.163 e. The van der Waals surface area contributed by atoms with Crippen LogP contribution in [0.4, 0.5) is 0 Å². The number of thioether (sulfide) groups is 1. The Kier molecular flexibility index (Phi) is 5.31. The van der Waals surface area contributed by atoms with Crippen molar-refractivity contribution in [2.24, 2.45) is 0 Å². The number of ether oxygens (including phenoxy) is 1. The molecule has 0 radical (unpaired) electrons. The minimum absolute atomic E-state index is 0.0303. The highest BCUT2D eigenvalue weighted by molar-refractivity contribution is 7.98. The van der Waals surface area contributed by atoms with Gasteiger partial charge < -0.3 is 4.74 Å². The van der Waals surface area contributed by atoms with Crippen molar-refractivity contribution in [3.8, 4) is 5.75 Å². The number of thiazole rings is 1. The molecule has 0 saturated heterocycles. The van der Waals surface area contributed by atoms with E-state index in [-0.39, 0.29) is 5.78 Å². The van der Waals surface area contributed by atoms with Gasteiger partial charge in [0.1, 0.15) is 10.8 Å². The summed E-state index contributed by atoms with van der Waals surface area (Å²) in [4.78, 5) is 16.2. The molecule has 1 aromatic heterocycles. The summed E-state index contributed by atoms with van der Waals surface area (Å²) in [6.07, 6.45) is 0. The molecule has 0 aliphatic carbocycles. The average Bonchev–Trinajstić information content (AvgIpc) is 2.97. The largest absolute Gasteiger partial charge is 0.492 e. The van der Waals surface area contributed by atoms with Gasteiger partial charge in [-0.05, 0) is 31.2 Å². The summed E-state index contributed by atoms with van der Waals surface area (Å²) in [5.41, 5.74) is 1.71. The van der Waals surface area contributed by atoms with Crippen molar-refractivity contribution in [3.63, 3.8) is 0 Å².